The predicted molar refractivity (Wildman–Crippen MR) is 69.7 cm³/mol. The highest BCUT2D eigenvalue weighted by molar-refractivity contribution is 9.10. The highest BCUT2D eigenvalue weighted by Crippen LogP contribution is 2.20. The summed E-state index contributed by atoms with van der Waals surface area (Å²) in [7, 11) is 0. The zero-order valence-corrected chi connectivity index (χ0v) is 11.6. The monoisotopic (exact) mass is 299 g/mol. The van der Waals surface area contributed by atoms with Crippen molar-refractivity contribution in [1.29, 1.82) is 0 Å². The summed E-state index contributed by atoms with van der Waals surface area (Å²) in [6.07, 6.45) is 9.01. The molecule has 0 aliphatic heterocycles. The van der Waals surface area contributed by atoms with Gasteiger partial charge in [0.05, 0.1) is 10.7 Å². The van der Waals surface area contributed by atoms with Crippen LogP contribution in [0.4, 0.5) is 0 Å². The van der Waals surface area contributed by atoms with E-state index in [0.717, 1.165) is 23.7 Å². The smallest absolute Gasteiger partial charge is 0.245 e. The Morgan fingerprint density at radius 3 is 2.88 bits per heavy atom. The van der Waals surface area contributed by atoms with Gasteiger partial charge in [0.25, 0.3) is 0 Å². The van der Waals surface area contributed by atoms with E-state index in [1.54, 1.807) is 10.9 Å². The molecule has 1 fully saturated rings. The number of hydrogen-bond acceptors (Lipinski definition) is 2. The first-order chi connectivity index (χ1) is 8.20. The van der Waals surface area contributed by atoms with E-state index in [1.807, 2.05) is 13.1 Å². The third kappa shape index (κ3) is 3.09. The Labute approximate surface area is 110 Å². The molecule has 1 atom stereocenters. The minimum Gasteiger partial charge on any atom is -0.352 e. The van der Waals surface area contributed by atoms with Gasteiger partial charge in [0, 0.05) is 12.2 Å². The second kappa shape index (κ2) is 5.67. The summed E-state index contributed by atoms with van der Waals surface area (Å²) in [5.74, 6) is 0.0926. The Balaban J connectivity index is 1.99. The zero-order valence-electron chi connectivity index (χ0n) is 10.0. The fourth-order valence-corrected chi connectivity index (χ4v) is 2.65. The second-order valence-electron chi connectivity index (χ2n) is 4.55. The number of rotatable bonds is 4. The zero-order chi connectivity index (χ0) is 12.3. The predicted octanol–water partition coefficient (Wildman–Crippen LogP) is 2.66. The van der Waals surface area contributed by atoms with E-state index in [2.05, 4.69) is 26.3 Å². The van der Waals surface area contributed by atoms with Gasteiger partial charge in [-0.05, 0) is 35.2 Å². The number of nitrogens with one attached hydrogen (secondary N) is 1. The summed E-state index contributed by atoms with van der Waals surface area (Å²) < 4.78 is 2.64. The Kier molecular flexibility index (Phi) is 4.20. The maximum absolute atomic E-state index is 12.2. The molecule has 1 saturated carbocycles. The number of halogens is 1. The molecule has 94 valence electrons. The lowest BCUT2D eigenvalue weighted by molar-refractivity contribution is -0.125. The average molecular weight is 300 g/mol. The number of amides is 1. The van der Waals surface area contributed by atoms with Crippen LogP contribution in [0.25, 0.3) is 0 Å². The van der Waals surface area contributed by atoms with Gasteiger partial charge in [-0.25, -0.2) is 0 Å². The summed E-state index contributed by atoms with van der Waals surface area (Å²) in [6, 6.07) is 0.178. The maximum atomic E-state index is 12.2. The first-order valence-corrected chi connectivity index (χ1v) is 7.00. The number of hydrogen-bond donors (Lipinski definition) is 1. The first kappa shape index (κ1) is 12.6. The standard InChI is InChI=1S/C12H18BrN3O/c1-2-11(16-8-9(13)7-14-16)12(17)15-10-5-3-4-6-10/h7-8,10-11H,2-6H2,1H3,(H,15,17). The summed E-state index contributed by atoms with van der Waals surface area (Å²) in [6.45, 7) is 2.01. The van der Waals surface area contributed by atoms with E-state index in [-0.39, 0.29) is 11.9 Å². The van der Waals surface area contributed by atoms with Crippen molar-refractivity contribution in [3.63, 3.8) is 0 Å². The lowest BCUT2D eigenvalue weighted by atomic mass is 10.2. The van der Waals surface area contributed by atoms with Gasteiger partial charge in [0.1, 0.15) is 6.04 Å². The molecule has 4 nitrogen and oxygen atoms in total. The molecule has 1 amide bonds. The van der Waals surface area contributed by atoms with Gasteiger partial charge in [0.2, 0.25) is 5.91 Å². The highest BCUT2D eigenvalue weighted by atomic mass is 79.9. The average Bonchev–Trinajstić information content (AvgIpc) is 2.91. The molecule has 2 rings (SSSR count). The molecule has 0 aromatic carbocycles. The summed E-state index contributed by atoms with van der Waals surface area (Å²) in [4.78, 5) is 12.2. The van der Waals surface area contributed by atoms with Crippen molar-refractivity contribution in [2.75, 3.05) is 0 Å². The van der Waals surface area contributed by atoms with Gasteiger partial charge in [-0.15, -0.1) is 0 Å². The van der Waals surface area contributed by atoms with Gasteiger partial charge in [-0.1, -0.05) is 19.8 Å². The minimum absolute atomic E-state index is 0.0926. The van der Waals surface area contributed by atoms with Crippen LogP contribution in [0.5, 0.6) is 0 Å². The Morgan fingerprint density at radius 1 is 1.65 bits per heavy atom. The number of aromatic nitrogens is 2. The van der Waals surface area contributed by atoms with Crippen molar-refractivity contribution in [1.82, 2.24) is 15.1 Å². The Morgan fingerprint density at radius 2 is 2.35 bits per heavy atom. The van der Waals surface area contributed by atoms with E-state index < -0.39 is 0 Å². The van der Waals surface area contributed by atoms with Crippen LogP contribution in [0.15, 0.2) is 16.9 Å². The SMILES string of the molecule is CCC(C(=O)NC1CCCC1)n1cc(Br)cn1. The lowest BCUT2D eigenvalue weighted by Crippen LogP contribution is -2.38. The van der Waals surface area contributed by atoms with Crippen LogP contribution >= 0.6 is 15.9 Å². The fraction of sp³-hybridized carbons (Fsp3) is 0.667. The summed E-state index contributed by atoms with van der Waals surface area (Å²) in [5.41, 5.74) is 0. The van der Waals surface area contributed by atoms with Crippen LogP contribution in [-0.4, -0.2) is 21.7 Å². The molecule has 17 heavy (non-hydrogen) atoms. The number of nitrogens with zero attached hydrogens (tertiary/aromatic N) is 2. The molecule has 0 saturated heterocycles. The molecule has 1 heterocycles. The highest BCUT2D eigenvalue weighted by Gasteiger charge is 2.23. The molecule has 5 heteroatoms. The quantitative estimate of drug-likeness (QED) is 0.929. The molecule has 1 aliphatic rings. The molecule has 0 radical (unpaired) electrons. The lowest BCUT2D eigenvalue weighted by Gasteiger charge is -2.18. The van der Waals surface area contributed by atoms with Crippen molar-refractivity contribution in [3.8, 4) is 0 Å². The van der Waals surface area contributed by atoms with Crippen LogP contribution in [0.2, 0.25) is 0 Å². The van der Waals surface area contributed by atoms with E-state index >= 15 is 0 Å². The van der Waals surface area contributed by atoms with Crippen LogP contribution < -0.4 is 5.32 Å². The van der Waals surface area contributed by atoms with Crippen molar-refractivity contribution >= 4 is 21.8 Å². The van der Waals surface area contributed by atoms with Crippen molar-refractivity contribution < 1.29 is 4.79 Å². The van der Waals surface area contributed by atoms with Gasteiger partial charge >= 0.3 is 0 Å². The van der Waals surface area contributed by atoms with Crippen LogP contribution in [0, 0.1) is 0 Å². The van der Waals surface area contributed by atoms with Gasteiger partial charge in [0.15, 0.2) is 0 Å². The Hall–Kier alpha value is -0.840. The van der Waals surface area contributed by atoms with E-state index in [1.165, 1.54) is 12.8 Å². The summed E-state index contributed by atoms with van der Waals surface area (Å²) >= 11 is 3.35. The third-order valence-electron chi connectivity index (χ3n) is 3.28. The van der Waals surface area contributed by atoms with Gasteiger partial charge in [-0.2, -0.15) is 5.10 Å². The molecule has 1 unspecified atom stereocenters. The van der Waals surface area contributed by atoms with Gasteiger partial charge in [-0.3, -0.25) is 9.48 Å². The topological polar surface area (TPSA) is 46.9 Å². The van der Waals surface area contributed by atoms with Crippen LogP contribution in [0.3, 0.4) is 0 Å². The van der Waals surface area contributed by atoms with Crippen molar-refractivity contribution in [3.05, 3.63) is 16.9 Å². The van der Waals surface area contributed by atoms with Crippen LogP contribution in [-0.2, 0) is 4.79 Å². The maximum Gasteiger partial charge on any atom is 0.245 e. The molecule has 1 aromatic heterocycles. The third-order valence-corrected chi connectivity index (χ3v) is 3.69. The largest absolute Gasteiger partial charge is 0.352 e. The molecule has 0 spiro atoms. The minimum atomic E-state index is -0.193. The molecular weight excluding hydrogens is 282 g/mol. The van der Waals surface area contributed by atoms with E-state index in [4.69, 9.17) is 0 Å². The van der Waals surface area contributed by atoms with Crippen LogP contribution in [0.1, 0.15) is 45.1 Å². The normalized spacial score (nSPS) is 18.2. The first-order valence-electron chi connectivity index (χ1n) is 6.20. The van der Waals surface area contributed by atoms with Gasteiger partial charge < -0.3 is 5.32 Å². The molecule has 0 bridgehead atoms. The molecule has 1 aliphatic carbocycles. The molecule has 1 aromatic rings. The Bertz CT molecular complexity index is 385. The fourth-order valence-electron chi connectivity index (χ4n) is 2.35. The summed E-state index contributed by atoms with van der Waals surface area (Å²) in [5, 5.41) is 7.31. The van der Waals surface area contributed by atoms with Crippen molar-refractivity contribution in [2.24, 2.45) is 0 Å². The van der Waals surface area contributed by atoms with E-state index in [0.29, 0.717) is 6.04 Å². The molecular formula is C12H18BrN3O. The van der Waals surface area contributed by atoms with E-state index in [9.17, 15) is 4.79 Å². The molecule has 1 N–H and O–H groups in total. The second-order valence-corrected chi connectivity index (χ2v) is 5.47. The van der Waals surface area contributed by atoms with Crippen molar-refractivity contribution in [2.45, 2.75) is 51.1 Å². The number of carbonyl (C=O) groups is 1. The number of carbonyl (C=O) groups excluding carboxylic acids is 1.